The van der Waals surface area contributed by atoms with Crippen LogP contribution < -0.4 is 0 Å². The van der Waals surface area contributed by atoms with Gasteiger partial charge in [-0.1, -0.05) is 30.0 Å². The molecule has 0 atom stereocenters. The third-order valence-electron chi connectivity index (χ3n) is 2.28. The molecule has 0 aliphatic heterocycles. The zero-order chi connectivity index (χ0) is 11.7. The van der Waals surface area contributed by atoms with Crippen LogP contribution in [0.25, 0.3) is 10.2 Å². The quantitative estimate of drug-likeness (QED) is 0.669. The minimum absolute atomic E-state index is 0.212. The molecule has 0 radical (unpaired) electrons. The molecule has 3 rings (SSSR count). The largest absolute Gasteiger partial charge is 0.229 e. The first-order valence-electron chi connectivity index (χ1n) is 5.10. The molecule has 1 aromatic heterocycles. The van der Waals surface area contributed by atoms with Crippen molar-refractivity contribution in [2.45, 2.75) is 9.24 Å². The first kappa shape index (κ1) is 10.7. The van der Waals surface area contributed by atoms with E-state index in [1.807, 2.05) is 30.3 Å². The van der Waals surface area contributed by atoms with E-state index in [0.717, 1.165) is 19.5 Å². The monoisotopic (exact) mass is 261 g/mol. The van der Waals surface area contributed by atoms with Gasteiger partial charge in [0.2, 0.25) is 0 Å². The standard InChI is InChI=1S/C13H8FNS2/c14-9-4-3-5-10(8-9)16-13-15-11-6-1-2-7-12(11)17-13/h1-8H. The zero-order valence-electron chi connectivity index (χ0n) is 8.76. The molecule has 0 saturated heterocycles. The SMILES string of the molecule is Fc1cccc(Sc2nc3ccccc3s2)c1. The lowest BCUT2D eigenvalue weighted by Crippen LogP contribution is -1.75. The van der Waals surface area contributed by atoms with Gasteiger partial charge in [-0.3, -0.25) is 0 Å². The molecule has 0 bridgehead atoms. The molecule has 1 nitrogen and oxygen atoms in total. The van der Waals surface area contributed by atoms with Crippen molar-refractivity contribution in [1.29, 1.82) is 0 Å². The number of hydrogen-bond donors (Lipinski definition) is 0. The predicted octanol–water partition coefficient (Wildman–Crippen LogP) is 4.59. The van der Waals surface area contributed by atoms with Crippen molar-refractivity contribution in [3.63, 3.8) is 0 Å². The Kier molecular flexibility index (Phi) is 2.82. The van der Waals surface area contributed by atoms with Gasteiger partial charge >= 0.3 is 0 Å². The Morgan fingerprint density at radius 3 is 2.76 bits per heavy atom. The number of thiazole rings is 1. The van der Waals surface area contributed by atoms with Gasteiger partial charge < -0.3 is 0 Å². The van der Waals surface area contributed by atoms with Crippen LogP contribution in [-0.4, -0.2) is 4.98 Å². The summed E-state index contributed by atoms with van der Waals surface area (Å²) < 4.78 is 15.1. The number of para-hydroxylation sites is 1. The molecular weight excluding hydrogens is 253 g/mol. The van der Waals surface area contributed by atoms with Crippen LogP contribution >= 0.6 is 23.1 Å². The Morgan fingerprint density at radius 1 is 1.06 bits per heavy atom. The maximum atomic E-state index is 13.0. The number of benzene rings is 2. The second-order valence-corrected chi connectivity index (χ2v) is 5.86. The second kappa shape index (κ2) is 4.47. The molecule has 84 valence electrons. The lowest BCUT2D eigenvalue weighted by atomic mass is 10.3. The van der Waals surface area contributed by atoms with Crippen LogP contribution in [-0.2, 0) is 0 Å². The molecule has 17 heavy (non-hydrogen) atoms. The van der Waals surface area contributed by atoms with Crippen LogP contribution in [0.2, 0.25) is 0 Å². The lowest BCUT2D eigenvalue weighted by Gasteiger charge is -1.96. The summed E-state index contributed by atoms with van der Waals surface area (Å²) in [6.45, 7) is 0. The smallest absolute Gasteiger partial charge is 0.155 e. The average molecular weight is 261 g/mol. The molecule has 0 aliphatic carbocycles. The Balaban J connectivity index is 1.94. The molecule has 0 spiro atoms. The van der Waals surface area contributed by atoms with Gasteiger partial charge in [0.05, 0.1) is 10.2 Å². The van der Waals surface area contributed by atoms with Crippen molar-refractivity contribution in [3.05, 3.63) is 54.3 Å². The van der Waals surface area contributed by atoms with Crippen molar-refractivity contribution in [2.75, 3.05) is 0 Å². The normalized spacial score (nSPS) is 10.9. The molecular formula is C13H8FNS2. The van der Waals surface area contributed by atoms with Crippen LogP contribution in [0.3, 0.4) is 0 Å². The highest BCUT2D eigenvalue weighted by atomic mass is 32.2. The van der Waals surface area contributed by atoms with Gasteiger partial charge in [0.15, 0.2) is 4.34 Å². The first-order valence-corrected chi connectivity index (χ1v) is 6.73. The maximum Gasteiger partial charge on any atom is 0.155 e. The average Bonchev–Trinajstić information content (AvgIpc) is 2.71. The fourth-order valence-corrected chi connectivity index (χ4v) is 3.61. The number of aromatic nitrogens is 1. The van der Waals surface area contributed by atoms with Crippen LogP contribution in [0.4, 0.5) is 4.39 Å². The van der Waals surface area contributed by atoms with Crippen LogP contribution in [0.15, 0.2) is 57.8 Å². The fourth-order valence-electron chi connectivity index (χ4n) is 1.53. The number of nitrogens with zero attached hydrogens (tertiary/aromatic N) is 1. The summed E-state index contributed by atoms with van der Waals surface area (Å²) in [5, 5.41) is 0. The molecule has 0 N–H and O–H groups in total. The summed E-state index contributed by atoms with van der Waals surface area (Å²) in [5.41, 5.74) is 0.997. The Hall–Kier alpha value is -1.39. The summed E-state index contributed by atoms with van der Waals surface area (Å²) in [5.74, 6) is -0.212. The van der Waals surface area contributed by atoms with E-state index in [9.17, 15) is 4.39 Å². The fraction of sp³-hybridized carbons (Fsp3) is 0. The van der Waals surface area contributed by atoms with E-state index < -0.39 is 0 Å². The highest BCUT2D eigenvalue weighted by Gasteiger charge is 2.05. The Morgan fingerprint density at radius 2 is 1.94 bits per heavy atom. The molecule has 3 aromatic rings. The molecule has 0 aliphatic rings. The summed E-state index contributed by atoms with van der Waals surface area (Å²) in [6, 6.07) is 14.6. The van der Waals surface area contributed by atoms with Crippen molar-refractivity contribution in [2.24, 2.45) is 0 Å². The maximum absolute atomic E-state index is 13.0. The van der Waals surface area contributed by atoms with E-state index in [1.165, 1.54) is 23.9 Å². The zero-order valence-corrected chi connectivity index (χ0v) is 10.4. The highest BCUT2D eigenvalue weighted by molar-refractivity contribution is 8.01. The topological polar surface area (TPSA) is 12.9 Å². The van der Waals surface area contributed by atoms with Gasteiger partial charge in [0, 0.05) is 4.90 Å². The van der Waals surface area contributed by atoms with Gasteiger partial charge in [0.1, 0.15) is 5.82 Å². The number of rotatable bonds is 2. The van der Waals surface area contributed by atoms with Gasteiger partial charge in [-0.2, -0.15) is 0 Å². The summed E-state index contributed by atoms with van der Waals surface area (Å²) >= 11 is 3.12. The van der Waals surface area contributed by atoms with Crippen LogP contribution in [0, 0.1) is 5.82 Å². The highest BCUT2D eigenvalue weighted by Crippen LogP contribution is 2.34. The third-order valence-corrected chi connectivity index (χ3v) is 4.36. The lowest BCUT2D eigenvalue weighted by molar-refractivity contribution is 0.624. The van der Waals surface area contributed by atoms with Crippen molar-refractivity contribution >= 4 is 33.3 Å². The molecule has 0 saturated carbocycles. The molecule has 0 fully saturated rings. The van der Waals surface area contributed by atoms with Gasteiger partial charge in [0.25, 0.3) is 0 Å². The summed E-state index contributed by atoms with van der Waals surface area (Å²) in [4.78, 5) is 5.38. The first-order chi connectivity index (χ1) is 8.31. The molecule has 1 heterocycles. The Labute approximate surface area is 106 Å². The van der Waals surface area contributed by atoms with Crippen molar-refractivity contribution in [1.82, 2.24) is 4.98 Å². The van der Waals surface area contributed by atoms with Crippen molar-refractivity contribution < 1.29 is 4.39 Å². The third kappa shape index (κ3) is 2.33. The number of halogens is 1. The minimum atomic E-state index is -0.212. The van der Waals surface area contributed by atoms with Gasteiger partial charge in [-0.25, -0.2) is 9.37 Å². The molecule has 0 amide bonds. The molecule has 0 unspecified atom stereocenters. The Bertz CT molecular complexity index is 630. The van der Waals surface area contributed by atoms with E-state index >= 15 is 0 Å². The molecule has 4 heteroatoms. The summed E-state index contributed by atoms with van der Waals surface area (Å²) in [7, 11) is 0. The van der Waals surface area contributed by atoms with Crippen molar-refractivity contribution in [3.8, 4) is 0 Å². The predicted molar refractivity (Wildman–Crippen MR) is 70.1 cm³/mol. The van der Waals surface area contributed by atoms with E-state index in [0.29, 0.717) is 0 Å². The van der Waals surface area contributed by atoms with E-state index in [2.05, 4.69) is 4.98 Å². The van der Waals surface area contributed by atoms with E-state index in [4.69, 9.17) is 0 Å². The number of fused-ring (bicyclic) bond motifs is 1. The van der Waals surface area contributed by atoms with Crippen LogP contribution in [0.5, 0.6) is 0 Å². The van der Waals surface area contributed by atoms with E-state index in [-0.39, 0.29) is 5.82 Å². The summed E-state index contributed by atoms with van der Waals surface area (Å²) in [6.07, 6.45) is 0. The van der Waals surface area contributed by atoms with Crippen LogP contribution in [0.1, 0.15) is 0 Å². The number of hydrogen-bond acceptors (Lipinski definition) is 3. The van der Waals surface area contributed by atoms with Gasteiger partial charge in [-0.15, -0.1) is 11.3 Å². The van der Waals surface area contributed by atoms with Gasteiger partial charge in [-0.05, 0) is 30.3 Å². The molecule has 2 aromatic carbocycles. The van der Waals surface area contributed by atoms with E-state index in [1.54, 1.807) is 17.4 Å². The minimum Gasteiger partial charge on any atom is -0.229 e. The second-order valence-electron chi connectivity index (χ2n) is 3.51.